The van der Waals surface area contributed by atoms with Gasteiger partial charge in [0.2, 0.25) is 10.0 Å². The lowest BCUT2D eigenvalue weighted by Gasteiger charge is -2.23. The summed E-state index contributed by atoms with van der Waals surface area (Å²) in [4.78, 5) is 24.2. The molecule has 0 bridgehead atoms. The summed E-state index contributed by atoms with van der Waals surface area (Å²) in [7, 11) is -1.07. The highest BCUT2D eigenvalue weighted by Gasteiger charge is 2.37. The highest BCUT2D eigenvalue weighted by Crippen LogP contribution is 2.31. The van der Waals surface area contributed by atoms with E-state index in [9.17, 15) is 18.0 Å². The first-order chi connectivity index (χ1) is 15.4. The van der Waals surface area contributed by atoms with E-state index in [2.05, 4.69) is 10.6 Å². The number of hydrogen-bond donors (Lipinski definition) is 2. The van der Waals surface area contributed by atoms with Crippen LogP contribution < -0.4 is 20.1 Å². The van der Waals surface area contributed by atoms with Crippen molar-refractivity contribution in [3.63, 3.8) is 0 Å². The van der Waals surface area contributed by atoms with Crippen LogP contribution in [0.5, 0.6) is 11.5 Å². The molecule has 0 radical (unpaired) electrons. The first-order valence-corrected chi connectivity index (χ1v) is 11.3. The van der Waals surface area contributed by atoms with E-state index in [-0.39, 0.29) is 36.9 Å². The predicted molar refractivity (Wildman–Crippen MR) is 114 cm³/mol. The molecule has 0 unspecified atom stereocenters. The molecule has 1 atom stereocenters. The van der Waals surface area contributed by atoms with Crippen LogP contribution in [-0.2, 0) is 30.9 Å². The maximum atomic E-state index is 13.1. The monoisotopic (exact) mass is 463 g/mol. The maximum Gasteiger partial charge on any atom is 0.309 e. The van der Waals surface area contributed by atoms with Gasteiger partial charge < -0.3 is 24.8 Å². The van der Waals surface area contributed by atoms with Crippen molar-refractivity contribution >= 4 is 21.8 Å². The Kier molecular flexibility index (Phi) is 7.67. The molecule has 0 spiro atoms. The molecule has 0 aliphatic carbocycles. The number of ether oxygens (including phenoxy) is 3. The molecular weight excluding hydrogens is 438 g/mol. The van der Waals surface area contributed by atoms with Crippen LogP contribution in [-0.4, -0.2) is 64.7 Å². The highest BCUT2D eigenvalue weighted by atomic mass is 32.2. The molecule has 2 amide bonds. The number of nitrogens with zero attached hydrogens (tertiary/aromatic N) is 1. The standard InChI is InChI=1S/C21H25N3O7S/c1-29-17-9-8-16(12-18(17)30-2)32(27,28)24-10-11-31-19(24)14-23-21(26)20(25)22-13-15-6-4-3-5-7-15/h3-9,12,19H,10-11,13-14H2,1-2H3,(H,22,25)(H,23,26)/t19-/m0/s1. The second kappa shape index (κ2) is 10.4. The Bertz CT molecular complexity index is 1060. The Morgan fingerprint density at radius 3 is 2.41 bits per heavy atom. The molecule has 0 aromatic heterocycles. The summed E-state index contributed by atoms with van der Waals surface area (Å²) < 4.78 is 43.2. The zero-order valence-electron chi connectivity index (χ0n) is 17.7. The smallest absolute Gasteiger partial charge is 0.309 e. The van der Waals surface area contributed by atoms with Gasteiger partial charge in [-0.05, 0) is 17.7 Å². The second-order valence-corrected chi connectivity index (χ2v) is 8.73. The van der Waals surface area contributed by atoms with Gasteiger partial charge in [0.15, 0.2) is 11.5 Å². The normalized spacial score (nSPS) is 16.4. The summed E-state index contributed by atoms with van der Waals surface area (Å²) in [5.74, 6) is -1.02. The van der Waals surface area contributed by atoms with Crippen molar-refractivity contribution < 1.29 is 32.2 Å². The molecule has 3 rings (SSSR count). The van der Waals surface area contributed by atoms with E-state index >= 15 is 0 Å². The molecule has 0 saturated carbocycles. The number of carbonyl (C=O) groups is 2. The van der Waals surface area contributed by atoms with Crippen molar-refractivity contribution in [2.75, 3.05) is 33.9 Å². The number of benzene rings is 2. The van der Waals surface area contributed by atoms with E-state index in [0.29, 0.717) is 5.75 Å². The third-order valence-electron chi connectivity index (χ3n) is 4.84. The van der Waals surface area contributed by atoms with Crippen molar-refractivity contribution in [3.05, 3.63) is 54.1 Å². The fourth-order valence-corrected chi connectivity index (χ4v) is 4.70. The van der Waals surface area contributed by atoms with Crippen LogP contribution in [0.1, 0.15) is 5.56 Å². The van der Waals surface area contributed by atoms with Crippen molar-refractivity contribution in [1.82, 2.24) is 14.9 Å². The van der Waals surface area contributed by atoms with Crippen LogP contribution in [0.25, 0.3) is 0 Å². The topological polar surface area (TPSA) is 123 Å². The summed E-state index contributed by atoms with van der Waals surface area (Å²) in [6.07, 6.45) is -0.945. The van der Waals surface area contributed by atoms with Gasteiger partial charge in [0.1, 0.15) is 6.23 Å². The Balaban J connectivity index is 1.61. The largest absolute Gasteiger partial charge is 0.493 e. The number of hydrogen-bond acceptors (Lipinski definition) is 7. The maximum absolute atomic E-state index is 13.1. The number of carbonyl (C=O) groups excluding carboxylic acids is 2. The number of sulfonamides is 1. The Labute approximate surface area is 186 Å². The average molecular weight is 464 g/mol. The van der Waals surface area contributed by atoms with Crippen molar-refractivity contribution in [1.29, 1.82) is 0 Å². The summed E-state index contributed by atoms with van der Waals surface area (Å²) in [5, 5.41) is 4.94. The summed E-state index contributed by atoms with van der Waals surface area (Å²) in [5.41, 5.74) is 0.847. The molecule has 2 aromatic rings. The van der Waals surface area contributed by atoms with Gasteiger partial charge in [-0.2, -0.15) is 4.31 Å². The predicted octanol–water partition coefficient (Wildman–Crippen LogP) is 0.483. The molecule has 172 valence electrons. The van der Waals surface area contributed by atoms with E-state index in [1.807, 2.05) is 30.3 Å². The van der Waals surface area contributed by atoms with Crippen LogP contribution in [0.4, 0.5) is 0 Å². The number of rotatable bonds is 8. The van der Waals surface area contributed by atoms with Crippen LogP contribution >= 0.6 is 0 Å². The van der Waals surface area contributed by atoms with E-state index in [4.69, 9.17) is 14.2 Å². The molecule has 32 heavy (non-hydrogen) atoms. The second-order valence-electron chi connectivity index (χ2n) is 6.84. The van der Waals surface area contributed by atoms with Crippen molar-refractivity contribution in [3.8, 4) is 11.5 Å². The van der Waals surface area contributed by atoms with Gasteiger partial charge in [0.25, 0.3) is 0 Å². The van der Waals surface area contributed by atoms with Gasteiger partial charge in [-0.25, -0.2) is 8.42 Å². The minimum atomic E-state index is -3.94. The summed E-state index contributed by atoms with van der Waals surface area (Å²) >= 11 is 0. The summed E-state index contributed by atoms with van der Waals surface area (Å²) in [6, 6.07) is 13.4. The zero-order chi connectivity index (χ0) is 23.1. The number of methoxy groups -OCH3 is 2. The molecule has 2 N–H and O–H groups in total. The number of nitrogens with one attached hydrogen (secondary N) is 2. The van der Waals surface area contributed by atoms with Gasteiger partial charge in [-0.1, -0.05) is 30.3 Å². The Morgan fingerprint density at radius 1 is 1.03 bits per heavy atom. The lowest BCUT2D eigenvalue weighted by atomic mass is 10.2. The Hall–Kier alpha value is -3.15. The first-order valence-electron chi connectivity index (χ1n) is 9.82. The van der Waals surface area contributed by atoms with E-state index < -0.39 is 28.1 Å². The van der Waals surface area contributed by atoms with Crippen LogP contribution in [0, 0.1) is 0 Å². The fourth-order valence-electron chi connectivity index (χ4n) is 3.17. The molecule has 11 heteroatoms. The Morgan fingerprint density at radius 2 is 1.72 bits per heavy atom. The van der Waals surface area contributed by atoms with Gasteiger partial charge in [0, 0.05) is 19.2 Å². The van der Waals surface area contributed by atoms with Gasteiger partial charge >= 0.3 is 11.8 Å². The number of amides is 2. The molecule has 10 nitrogen and oxygen atoms in total. The lowest BCUT2D eigenvalue weighted by Crippen LogP contribution is -2.47. The third kappa shape index (κ3) is 5.36. The first kappa shape index (κ1) is 23.5. The van der Waals surface area contributed by atoms with Crippen molar-refractivity contribution in [2.24, 2.45) is 0 Å². The van der Waals surface area contributed by atoms with Crippen LogP contribution in [0.2, 0.25) is 0 Å². The minimum Gasteiger partial charge on any atom is -0.493 e. The van der Waals surface area contributed by atoms with Crippen LogP contribution in [0.15, 0.2) is 53.4 Å². The highest BCUT2D eigenvalue weighted by molar-refractivity contribution is 7.89. The van der Waals surface area contributed by atoms with Gasteiger partial charge in [-0.15, -0.1) is 0 Å². The van der Waals surface area contributed by atoms with Gasteiger partial charge in [0.05, 0.1) is 32.3 Å². The SMILES string of the molecule is COc1ccc(S(=O)(=O)N2CCO[C@H]2CNC(=O)C(=O)NCc2ccccc2)cc1OC. The van der Waals surface area contributed by atoms with Crippen LogP contribution in [0.3, 0.4) is 0 Å². The minimum absolute atomic E-state index is 0.00224. The summed E-state index contributed by atoms with van der Waals surface area (Å²) in [6.45, 7) is 0.293. The molecule has 1 aliphatic rings. The fraction of sp³-hybridized carbons (Fsp3) is 0.333. The van der Waals surface area contributed by atoms with Crippen molar-refractivity contribution in [2.45, 2.75) is 17.7 Å². The zero-order valence-corrected chi connectivity index (χ0v) is 18.6. The lowest BCUT2D eigenvalue weighted by molar-refractivity contribution is -0.139. The van der Waals surface area contributed by atoms with Gasteiger partial charge in [-0.3, -0.25) is 9.59 Å². The van der Waals surface area contributed by atoms with E-state index in [1.165, 1.54) is 32.4 Å². The molecule has 1 aliphatic heterocycles. The molecule has 1 saturated heterocycles. The quantitative estimate of drug-likeness (QED) is 0.546. The third-order valence-corrected chi connectivity index (χ3v) is 6.73. The average Bonchev–Trinajstić information content (AvgIpc) is 3.30. The van der Waals surface area contributed by atoms with E-state index in [1.54, 1.807) is 0 Å². The molecule has 1 heterocycles. The molecule has 1 fully saturated rings. The molecular formula is C21H25N3O7S. The molecule has 2 aromatic carbocycles. The van der Waals surface area contributed by atoms with E-state index in [0.717, 1.165) is 9.87 Å².